The minimum Gasteiger partial charge on any atom is -0.385 e. The Hall–Kier alpha value is -1.22. The zero-order chi connectivity index (χ0) is 18.3. The highest BCUT2D eigenvalue weighted by Crippen LogP contribution is 2.62. The summed E-state index contributed by atoms with van der Waals surface area (Å²) in [5.74, 6) is 2.53. The highest BCUT2D eigenvalue weighted by Gasteiger charge is 2.58. The summed E-state index contributed by atoms with van der Waals surface area (Å²) in [5, 5.41) is 0. The van der Waals surface area contributed by atoms with Crippen LogP contribution in [-0.2, 0) is 16.0 Å². The predicted molar refractivity (Wildman–Crippen MR) is 101 cm³/mol. The summed E-state index contributed by atoms with van der Waals surface area (Å²) in [5.41, 5.74) is 2.45. The number of unbranched alkanes of at least 4 members (excludes halogenated alkanes) is 1. The number of carbonyl (C=O) groups is 1. The first-order valence-electron chi connectivity index (χ1n) is 10.3. The lowest BCUT2D eigenvalue weighted by atomic mass is 9.54. The summed E-state index contributed by atoms with van der Waals surface area (Å²) in [6.07, 6.45) is 8.32. The number of aryl methyl sites for hydroxylation is 1. The Labute approximate surface area is 156 Å². The number of methoxy groups -OCH3 is 1. The summed E-state index contributed by atoms with van der Waals surface area (Å²) in [7, 11) is 1.75. The molecule has 2 fully saturated rings. The van der Waals surface area contributed by atoms with Gasteiger partial charge in [0.15, 0.2) is 0 Å². The van der Waals surface area contributed by atoms with Crippen LogP contribution in [-0.4, -0.2) is 19.5 Å². The molecule has 0 bridgehead atoms. The van der Waals surface area contributed by atoms with Crippen molar-refractivity contribution < 1.29 is 13.9 Å². The van der Waals surface area contributed by atoms with Gasteiger partial charge in [-0.25, -0.2) is 4.39 Å². The van der Waals surface area contributed by atoms with Gasteiger partial charge in [0.25, 0.3) is 0 Å². The van der Waals surface area contributed by atoms with E-state index in [1.165, 1.54) is 11.1 Å². The molecule has 0 radical (unpaired) electrons. The van der Waals surface area contributed by atoms with Gasteiger partial charge in [0.1, 0.15) is 11.6 Å². The first-order valence-corrected chi connectivity index (χ1v) is 10.3. The van der Waals surface area contributed by atoms with Crippen molar-refractivity contribution >= 4 is 5.78 Å². The number of fused-ring (bicyclic) bond motifs is 5. The van der Waals surface area contributed by atoms with Gasteiger partial charge >= 0.3 is 0 Å². The van der Waals surface area contributed by atoms with E-state index in [2.05, 4.69) is 6.92 Å². The fraction of sp³-hybridized carbons (Fsp3) is 0.696. The Kier molecular flexibility index (Phi) is 4.94. The number of rotatable bonds is 5. The van der Waals surface area contributed by atoms with Gasteiger partial charge in [-0.15, -0.1) is 0 Å². The molecule has 142 valence electrons. The van der Waals surface area contributed by atoms with Gasteiger partial charge in [-0.05, 0) is 85.5 Å². The number of carbonyl (C=O) groups excluding carboxylic acids is 1. The monoisotopic (exact) mass is 358 g/mol. The van der Waals surface area contributed by atoms with Gasteiger partial charge in [0.05, 0.1) is 0 Å². The smallest absolute Gasteiger partial charge is 0.139 e. The summed E-state index contributed by atoms with van der Waals surface area (Å²) in [6.45, 7) is 3.05. The van der Waals surface area contributed by atoms with Crippen LogP contribution in [0, 0.1) is 29.0 Å². The van der Waals surface area contributed by atoms with Gasteiger partial charge < -0.3 is 4.74 Å². The van der Waals surface area contributed by atoms with E-state index in [4.69, 9.17) is 4.74 Å². The van der Waals surface area contributed by atoms with E-state index in [0.717, 1.165) is 58.0 Å². The largest absolute Gasteiger partial charge is 0.385 e. The van der Waals surface area contributed by atoms with Crippen molar-refractivity contribution in [2.24, 2.45) is 23.2 Å². The van der Waals surface area contributed by atoms with Crippen LogP contribution in [0.5, 0.6) is 0 Å². The second-order valence-electron chi connectivity index (χ2n) is 9.01. The summed E-state index contributed by atoms with van der Waals surface area (Å²) >= 11 is 0. The molecular formula is C23H31FO2. The lowest BCUT2D eigenvalue weighted by Gasteiger charge is -2.50. The Morgan fingerprint density at radius 2 is 2.12 bits per heavy atom. The van der Waals surface area contributed by atoms with Crippen molar-refractivity contribution in [2.45, 2.75) is 64.2 Å². The number of benzene rings is 1. The quantitative estimate of drug-likeness (QED) is 0.668. The molecule has 5 atom stereocenters. The maximum atomic E-state index is 13.7. The van der Waals surface area contributed by atoms with Gasteiger partial charge in [-0.3, -0.25) is 4.79 Å². The number of halogens is 1. The van der Waals surface area contributed by atoms with Crippen LogP contribution in [0.2, 0.25) is 0 Å². The fourth-order valence-electron chi connectivity index (χ4n) is 6.53. The van der Waals surface area contributed by atoms with Crippen LogP contribution in [0.25, 0.3) is 0 Å². The topological polar surface area (TPSA) is 26.3 Å². The molecule has 0 spiro atoms. The van der Waals surface area contributed by atoms with Crippen LogP contribution >= 0.6 is 0 Å². The molecule has 1 aromatic carbocycles. The second kappa shape index (κ2) is 7.07. The van der Waals surface area contributed by atoms with Crippen LogP contribution in [0.4, 0.5) is 4.39 Å². The Balaban J connectivity index is 1.58. The molecule has 0 amide bonds. The third-order valence-corrected chi connectivity index (χ3v) is 7.71. The first-order chi connectivity index (χ1) is 12.5. The molecule has 0 aliphatic heterocycles. The molecule has 3 aliphatic rings. The summed E-state index contributed by atoms with van der Waals surface area (Å²) in [6, 6.07) is 5.38. The molecule has 3 aliphatic carbocycles. The Morgan fingerprint density at radius 1 is 1.27 bits per heavy atom. The molecule has 0 aromatic heterocycles. The van der Waals surface area contributed by atoms with Crippen molar-refractivity contribution in [1.29, 1.82) is 0 Å². The van der Waals surface area contributed by atoms with Crippen molar-refractivity contribution in [2.75, 3.05) is 13.7 Å². The highest BCUT2D eigenvalue weighted by molar-refractivity contribution is 5.87. The SMILES string of the molecule is COCCCC[C@@H]1CC(=O)[C@@]2(C)CC[C@@H]3c4ccc(F)cc4CC[C@H]3[C@H]12. The normalized spacial score (nSPS) is 35.7. The lowest BCUT2D eigenvalue weighted by Crippen LogP contribution is -2.44. The minimum absolute atomic E-state index is 0.116. The van der Waals surface area contributed by atoms with Crippen molar-refractivity contribution in [3.63, 3.8) is 0 Å². The van der Waals surface area contributed by atoms with E-state index >= 15 is 0 Å². The van der Waals surface area contributed by atoms with E-state index in [9.17, 15) is 9.18 Å². The molecule has 26 heavy (non-hydrogen) atoms. The van der Waals surface area contributed by atoms with Crippen LogP contribution in [0.15, 0.2) is 18.2 Å². The number of hydrogen-bond donors (Lipinski definition) is 0. The van der Waals surface area contributed by atoms with Crippen molar-refractivity contribution in [3.05, 3.63) is 35.1 Å². The third kappa shape index (κ3) is 2.93. The van der Waals surface area contributed by atoms with Gasteiger partial charge in [-0.2, -0.15) is 0 Å². The standard InChI is InChI=1S/C23H31FO2/c1-23-11-10-19-18-9-7-17(24)13-15(18)6-8-20(19)22(23)16(14-21(23)25)5-3-4-12-26-2/h7,9,13,16,19-20,22H,3-6,8,10-12,14H2,1-2H3/t16-,19-,20-,22+,23-/m1/s1. The van der Waals surface area contributed by atoms with Gasteiger partial charge in [-0.1, -0.05) is 19.4 Å². The molecule has 3 heteroatoms. The van der Waals surface area contributed by atoms with E-state index in [1.54, 1.807) is 19.2 Å². The fourth-order valence-corrected chi connectivity index (χ4v) is 6.53. The minimum atomic E-state index is -0.120. The average molecular weight is 358 g/mol. The lowest BCUT2D eigenvalue weighted by molar-refractivity contribution is -0.129. The number of ketones is 1. The Bertz CT molecular complexity index is 685. The zero-order valence-corrected chi connectivity index (χ0v) is 16.1. The van der Waals surface area contributed by atoms with E-state index < -0.39 is 0 Å². The van der Waals surface area contributed by atoms with Crippen molar-refractivity contribution in [3.8, 4) is 0 Å². The Morgan fingerprint density at radius 3 is 2.92 bits per heavy atom. The molecule has 2 saturated carbocycles. The maximum Gasteiger partial charge on any atom is 0.139 e. The number of hydrogen-bond acceptors (Lipinski definition) is 2. The molecule has 0 heterocycles. The average Bonchev–Trinajstić information content (AvgIpc) is 2.89. The van der Waals surface area contributed by atoms with E-state index in [0.29, 0.717) is 29.5 Å². The molecule has 4 rings (SSSR count). The van der Waals surface area contributed by atoms with Gasteiger partial charge in [0.2, 0.25) is 0 Å². The number of ether oxygens (including phenoxy) is 1. The van der Waals surface area contributed by atoms with E-state index in [-0.39, 0.29) is 11.2 Å². The van der Waals surface area contributed by atoms with Crippen LogP contribution < -0.4 is 0 Å². The third-order valence-electron chi connectivity index (χ3n) is 7.71. The van der Waals surface area contributed by atoms with Gasteiger partial charge in [0, 0.05) is 25.6 Å². The van der Waals surface area contributed by atoms with Crippen LogP contribution in [0.1, 0.15) is 68.9 Å². The zero-order valence-electron chi connectivity index (χ0n) is 16.1. The van der Waals surface area contributed by atoms with Crippen molar-refractivity contribution in [1.82, 2.24) is 0 Å². The highest BCUT2D eigenvalue weighted by atomic mass is 19.1. The molecule has 0 saturated heterocycles. The first kappa shape index (κ1) is 18.2. The summed E-state index contributed by atoms with van der Waals surface area (Å²) < 4.78 is 18.8. The number of Topliss-reactive ketones (excluding diaryl/α,β-unsaturated/α-hetero) is 1. The second-order valence-corrected chi connectivity index (χ2v) is 9.01. The molecule has 2 nitrogen and oxygen atoms in total. The molecule has 1 aromatic rings. The molecule has 0 N–H and O–H groups in total. The van der Waals surface area contributed by atoms with Crippen LogP contribution in [0.3, 0.4) is 0 Å². The predicted octanol–water partition coefficient (Wildman–Crippen LogP) is 5.29. The van der Waals surface area contributed by atoms with E-state index in [1.807, 2.05) is 6.07 Å². The molecular weight excluding hydrogens is 327 g/mol. The maximum absolute atomic E-state index is 13.7. The summed E-state index contributed by atoms with van der Waals surface area (Å²) in [4.78, 5) is 12.9. The molecule has 0 unspecified atom stereocenters.